The van der Waals surface area contributed by atoms with Gasteiger partial charge in [-0.25, -0.2) is 0 Å². The quantitative estimate of drug-likeness (QED) is 0.361. The van der Waals surface area contributed by atoms with Crippen LogP contribution < -0.4 is 0 Å². The molecule has 1 saturated carbocycles. The van der Waals surface area contributed by atoms with Gasteiger partial charge in [0.25, 0.3) is 0 Å². The highest BCUT2D eigenvalue weighted by Crippen LogP contribution is 2.34. The molecular weight excluding hydrogens is 294 g/mol. The Morgan fingerprint density at radius 1 is 1.27 bits per heavy atom. The zero-order valence-corrected chi connectivity index (χ0v) is 13.9. The third-order valence-corrected chi connectivity index (χ3v) is 5.22. The first-order chi connectivity index (χ1) is 10.6. The lowest BCUT2D eigenvalue weighted by atomic mass is 9.96. The van der Waals surface area contributed by atoms with Crippen molar-refractivity contribution in [3.8, 4) is 0 Å². The maximum Gasteiger partial charge on any atom is 0.198 e. The summed E-state index contributed by atoms with van der Waals surface area (Å²) in [5.74, 6) is 1.07. The number of hydrogen-bond acceptors (Lipinski definition) is 4. The number of ketones is 2. The summed E-state index contributed by atoms with van der Waals surface area (Å²) in [4.78, 5) is 28.3. The van der Waals surface area contributed by atoms with Gasteiger partial charge in [-0.3, -0.25) is 9.59 Å². The second-order valence-corrected chi connectivity index (χ2v) is 7.39. The maximum absolute atomic E-state index is 12.8. The lowest BCUT2D eigenvalue weighted by molar-refractivity contribution is -0.116. The molecule has 3 rings (SSSR count). The van der Waals surface area contributed by atoms with Crippen molar-refractivity contribution in [3.05, 3.63) is 41.1 Å². The molecule has 0 N–H and O–H groups in total. The van der Waals surface area contributed by atoms with Crippen molar-refractivity contribution in [3.63, 3.8) is 0 Å². The number of thioether (sulfide) groups is 1. The number of aryl methyl sites for hydroxylation is 1. The molecule has 0 saturated heterocycles. The number of Topliss-reactive ketones (excluding diaryl/α,β-unsaturated/α-hetero) is 2. The van der Waals surface area contributed by atoms with Crippen LogP contribution in [0.1, 0.15) is 35.2 Å². The molecule has 1 aliphatic heterocycles. The molecule has 22 heavy (non-hydrogen) atoms. The predicted octanol–water partition coefficient (Wildman–Crippen LogP) is 3.33. The second kappa shape index (κ2) is 6.29. The van der Waals surface area contributed by atoms with Crippen molar-refractivity contribution in [2.45, 2.75) is 30.6 Å². The number of carbonyl (C=O) groups is 2. The van der Waals surface area contributed by atoms with E-state index in [1.165, 1.54) is 10.5 Å². The number of benzene rings is 1. The highest BCUT2D eigenvalue weighted by Gasteiger charge is 2.35. The minimum absolute atomic E-state index is 0.00537. The van der Waals surface area contributed by atoms with E-state index in [9.17, 15) is 9.59 Å². The van der Waals surface area contributed by atoms with E-state index in [2.05, 4.69) is 0 Å². The summed E-state index contributed by atoms with van der Waals surface area (Å²) < 4.78 is 0. The maximum atomic E-state index is 12.8. The first kappa shape index (κ1) is 15.3. The summed E-state index contributed by atoms with van der Waals surface area (Å²) in [6.07, 6.45) is 5.68. The van der Waals surface area contributed by atoms with Crippen molar-refractivity contribution in [2.24, 2.45) is 5.92 Å². The van der Waals surface area contributed by atoms with Gasteiger partial charge in [0.15, 0.2) is 11.6 Å². The summed E-state index contributed by atoms with van der Waals surface area (Å²) in [5.41, 5.74) is 2.21. The standard InChI is InChI=1S/C18H21NO2S/c1-19(2)11-15(17(20)12-5-6-12)18(21)14-7-8-16-13(10-14)4-3-9-22-16/h7-8,10-12H,3-6,9H2,1-2H3. The van der Waals surface area contributed by atoms with Gasteiger partial charge >= 0.3 is 0 Å². The molecule has 0 spiro atoms. The predicted molar refractivity (Wildman–Crippen MR) is 89.3 cm³/mol. The molecule has 0 unspecified atom stereocenters. The first-order valence-electron chi connectivity index (χ1n) is 7.79. The van der Waals surface area contributed by atoms with E-state index in [-0.39, 0.29) is 17.5 Å². The van der Waals surface area contributed by atoms with Crippen molar-refractivity contribution in [1.29, 1.82) is 0 Å². The van der Waals surface area contributed by atoms with Crippen LogP contribution in [0.4, 0.5) is 0 Å². The van der Waals surface area contributed by atoms with E-state index in [4.69, 9.17) is 0 Å². The third kappa shape index (κ3) is 3.27. The van der Waals surface area contributed by atoms with Gasteiger partial charge in [0.05, 0.1) is 5.57 Å². The molecule has 116 valence electrons. The molecule has 0 amide bonds. The molecule has 1 fully saturated rings. The zero-order chi connectivity index (χ0) is 15.7. The molecule has 3 nitrogen and oxygen atoms in total. The summed E-state index contributed by atoms with van der Waals surface area (Å²) in [7, 11) is 3.69. The average molecular weight is 315 g/mol. The molecular formula is C18H21NO2S. The Balaban J connectivity index is 1.91. The Kier molecular flexibility index (Phi) is 4.39. The van der Waals surface area contributed by atoms with E-state index in [0.29, 0.717) is 11.1 Å². The van der Waals surface area contributed by atoms with Gasteiger partial charge in [0.1, 0.15) is 0 Å². The first-order valence-corrected chi connectivity index (χ1v) is 8.77. The van der Waals surface area contributed by atoms with Gasteiger partial charge < -0.3 is 4.90 Å². The lowest BCUT2D eigenvalue weighted by Gasteiger charge is -2.16. The minimum atomic E-state index is -0.135. The SMILES string of the molecule is CN(C)C=C(C(=O)c1ccc2c(c1)CCCS2)C(=O)C1CC1. The van der Waals surface area contributed by atoms with E-state index >= 15 is 0 Å². The number of carbonyl (C=O) groups excluding carboxylic acids is 2. The van der Waals surface area contributed by atoms with Gasteiger partial charge in [-0.2, -0.15) is 0 Å². The van der Waals surface area contributed by atoms with E-state index in [1.54, 1.807) is 11.1 Å². The van der Waals surface area contributed by atoms with Crippen LogP contribution in [0.25, 0.3) is 0 Å². The Morgan fingerprint density at radius 3 is 2.73 bits per heavy atom. The largest absolute Gasteiger partial charge is 0.383 e. The fraction of sp³-hybridized carbons (Fsp3) is 0.444. The fourth-order valence-electron chi connectivity index (χ4n) is 2.71. The van der Waals surface area contributed by atoms with Crippen molar-refractivity contribution >= 4 is 23.3 Å². The van der Waals surface area contributed by atoms with Gasteiger partial charge in [-0.05, 0) is 55.2 Å². The van der Waals surface area contributed by atoms with Crippen LogP contribution in [0.3, 0.4) is 0 Å². The van der Waals surface area contributed by atoms with Gasteiger partial charge in [0, 0.05) is 36.7 Å². The van der Waals surface area contributed by atoms with E-state index < -0.39 is 0 Å². The smallest absolute Gasteiger partial charge is 0.198 e. The molecule has 1 aromatic rings. The van der Waals surface area contributed by atoms with Crippen LogP contribution in [-0.2, 0) is 11.2 Å². The number of hydrogen-bond donors (Lipinski definition) is 0. The molecule has 0 bridgehead atoms. The lowest BCUT2D eigenvalue weighted by Crippen LogP contribution is -2.19. The van der Waals surface area contributed by atoms with E-state index in [1.807, 2.05) is 44.1 Å². The van der Waals surface area contributed by atoms with Crippen molar-refractivity contribution < 1.29 is 9.59 Å². The highest BCUT2D eigenvalue weighted by molar-refractivity contribution is 7.99. The number of fused-ring (bicyclic) bond motifs is 1. The van der Waals surface area contributed by atoms with Crippen LogP contribution in [0, 0.1) is 5.92 Å². The molecule has 0 aromatic heterocycles. The number of rotatable bonds is 5. The van der Waals surface area contributed by atoms with E-state index in [0.717, 1.165) is 31.4 Å². The van der Waals surface area contributed by atoms with Crippen LogP contribution in [-0.4, -0.2) is 36.3 Å². The zero-order valence-electron chi connectivity index (χ0n) is 13.1. The summed E-state index contributed by atoms with van der Waals surface area (Å²) >= 11 is 1.85. The highest BCUT2D eigenvalue weighted by atomic mass is 32.2. The molecule has 4 heteroatoms. The summed E-state index contributed by atoms with van der Waals surface area (Å²) in [6.45, 7) is 0. The van der Waals surface area contributed by atoms with Crippen molar-refractivity contribution in [2.75, 3.05) is 19.8 Å². The molecule has 1 heterocycles. The average Bonchev–Trinajstić information content (AvgIpc) is 3.35. The molecule has 0 atom stereocenters. The topological polar surface area (TPSA) is 37.4 Å². The van der Waals surface area contributed by atoms with Gasteiger partial charge in [0.2, 0.25) is 0 Å². The molecule has 2 aliphatic rings. The minimum Gasteiger partial charge on any atom is -0.383 e. The Labute approximate surface area is 135 Å². The molecule has 1 aliphatic carbocycles. The van der Waals surface area contributed by atoms with Crippen LogP contribution in [0.5, 0.6) is 0 Å². The second-order valence-electron chi connectivity index (χ2n) is 6.25. The third-order valence-electron chi connectivity index (χ3n) is 4.02. The van der Waals surface area contributed by atoms with Crippen LogP contribution in [0.15, 0.2) is 34.9 Å². The normalized spacial score (nSPS) is 17.8. The van der Waals surface area contributed by atoms with Crippen molar-refractivity contribution in [1.82, 2.24) is 4.90 Å². The Bertz CT molecular complexity index is 644. The molecule has 1 aromatic carbocycles. The monoisotopic (exact) mass is 315 g/mol. The Morgan fingerprint density at radius 2 is 2.05 bits per heavy atom. The summed E-state index contributed by atoms with van der Waals surface area (Å²) in [5, 5.41) is 0. The fourth-order valence-corrected chi connectivity index (χ4v) is 3.73. The van der Waals surface area contributed by atoms with Gasteiger partial charge in [-0.1, -0.05) is 0 Å². The summed E-state index contributed by atoms with van der Waals surface area (Å²) in [6, 6.07) is 5.87. The number of nitrogens with zero attached hydrogens (tertiary/aromatic N) is 1. The molecule has 0 radical (unpaired) electrons. The Hall–Kier alpha value is -1.55. The number of allylic oxidation sites excluding steroid dienone is 1. The van der Waals surface area contributed by atoms with Crippen LogP contribution in [0.2, 0.25) is 0 Å². The van der Waals surface area contributed by atoms with Crippen LogP contribution >= 0.6 is 11.8 Å². The van der Waals surface area contributed by atoms with Gasteiger partial charge in [-0.15, -0.1) is 11.8 Å².